The number of carbonyl (C=O) groups excluding carboxylic acids is 1. The second kappa shape index (κ2) is 9.19. The lowest BCUT2D eigenvalue weighted by Crippen LogP contribution is -2.48. The number of carbonyl (C=O) groups is 1. The van der Waals surface area contributed by atoms with Crippen molar-refractivity contribution in [2.24, 2.45) is 0 Å². The van der Waals surface area contributed by atoms with Crippen LogP contribution in [0.25, 0.3) is 0 Å². The Balaban J connectivity index is 1.62. The van der Waals surface area contributed by atoms with Crippen LogP contribution in [0.15, 0.2) is 27.6 Å². The molecule has 1 aromatic carbocycles. The fourth-order valence-electron chi connectivity index (χ4n) is 4.70. The number of sulfonamides is 1. The summed E-state index contributed by atoms with van der Waals surface area (Å²) in [6.45, 7) is 1.72. The summed E-state index contributed by atoms with van der Waals surface area (Å²) in [7, 11) is -2.42. The van der Waals surface area contributed by atoms with Crippen LogP contribution in [0, 0.1) is 6.92 Å². The molecule has 0 atom stereocenters. The summed E-state index contributed by atoms with van der Waals surface area (Å²) >= 11 is 0. The highest BCUT2D eigenvalue weighted by Crippen LogP contribution is 2.36. The first-order valence-electron chi connectivity index (χ1n) is 11.2. The molecular weight excluding hydrogens is 432 g/mol. The van der Waals surface area contributed by atoms with E-state index in [1.807, 2.05) is 0 Å². The molecule has 2 N–H and O–H groups in total. The first-order valence-corrected chi connectivity index (χ1v) is 12.6. The molecule has 2 aliphatic rings. The van der Waals surface area contributed by atoms with Gasteiger partial charge >= 0.3 is 0 Å². The highest BCUT2D eigenvalue weighted by Gasteiger charge is 2.40. The highest BCUT2D eigenvalue weighted by atomic mass is 32.2. The van der Waals surface area contributed by atoms with E-state index in [2.05, 4.69) is 20.2 Å². The zero-order valence-corrected chi connectivity index (χ0v) is 19.3. The predicted octanol–water partition coefficient (Wildman–Crippen LogP) is 3.20. The first kappa shape index (κ1) is 22.7. The number of nitrogens with zero attached hydrogens (tertiary/aromatic N) is 2. The third-order valence-electron chi connectivity index (χ3n) is 6.41. The summed E-state index contributed by atoms with van der Waals surface area (Å²) < 4.78 is 39.3. The SMILES string of the molecule is COc1ccc(C(=O)NC2(c3noc(C)n3)CCCCC2)cc1S(=O)(=O)NC1CCCC1. The molecule has 2 fully saturated rings. The lowest BCUT2D eigenvalue weighted by atomic mass is 9.80. The van der Waals surface area contributed by atoms with E-state index in [9.17, 15) is 13.2 Å². The largest absolute Gasteiger partial charge is 0.495 e. The van der Waals surface area contributed by atoms with Crippen molar-refractivity contribution in [3.63, 3.8) is 0 Å². The van der Waals surface area contributed by atoms with E-state index in [0.29, 0.717) is 24.6 Å². The standard InChI is InChI=1S/C22H30N4O5S/c1-15-23-21(25-31-15)22(12-6-3-7-13-22)24-20(27)16-10-11-18(30-2)19(14-16)32(28,29)26-17-8-4-5-9-17/h10-11,14,17,26H,3-9,12-13H2,1-2H3,(H,24,27). The van der Waals surface area contributed by atoms with E-state index >= 15 is 0 Å². The number of aryl methyl sites for hydroxylation is 1. The van der Waals surface area contributed by atoms with Crippen LogP contribution >= 0.6 is 0 Å². The molecule has 10 heteroatoms. The fraction of sp³-hybridized carbons (Fsp3) is 0.591. The molecular formula is C22H30N4O5S. The van der Waals surface area contributed by atoms with E-state index in [1.165, 1.54) is 19.2 Å². The molecule has 0 spiro atoms. The van der Waals surface area contributed by atoms with Crippen LogP contribution in [0.5, 0.6) is 5.75 Å². The Morgan fingerprint density at radius 3 is 2.50 bits per heavy atom. The molecule has 2 aromatic rings. The molecule has 0 unspecified atom stereocenters. The summed E-state index contributed by atoms with van der Waals surface area (Å²) in [6, 6.07) is 4.38. The Hall–Kier alpha value is -2.46. The molecule has 32 heavy (non-hydrogen) atoms. The Morgan fingerprint density at radius 1 is 1.16 bits per heavy atom. The number of rotatable bonds is 7. The minimum atomic E-state index is -3.83. The van der Waals surface area contributed by atoms with Crippen molar-refractivity contribution in [1.82, 2.24) is 20.2 Å². The van der Waals surface area contributed by atoms with Gasteiger partial charge in [-0.1, -0.05) is 37.3 Å². The third-order valence-corrected chi connectivity index (χ3v) is 7.95. The first-order chi connectivity index (χ1) is 15.3. The van der Waals surface area contributed by atoms with Gasteiger partial charge in [-0.15, -0.1) is 0 Å². The van der Waals surface area contributed by atoms with E-state index in [1.54, 1.807) is 13.0 Å². The molecule has 0 radical (unpaired) electrons. The van der Waals surface area contributed by atoms with Crippen LogP contribution in [0.3, 0.4) is 0 Å². The molecule has 0 saturated heterocycles. The quantitative estimate of drug-likeness (QED) is 0.647. The molecule has 2 saturated carbocycles. The maximum atomic E-state index is 13.3. The minimum Gasteiger partial charge on any atom is -0.495 e. The summed E-state index contributed by atoms with van der Waals surface area (Å²) in [5, 5.41) is 7.16. The molecule has 9 nitrogen and oxygen atoms in total. The number of hydrogen-bond acceptors (Lipinski definition) is 7. The van der Waals surface area contributed by atoms with Gasteiger partial charge in [0.05, 0.1) is 7.11 Å². The van der Waals surface area contributed by atoms with E-state index < -0.39 is 15.6 Å². The number of hydrogen-bond donors (Lipinski definition) is 2. The highest BCUT2D eigenvalue weighted by molar-refractivity contribution is 7.89. The van der Waals surface area contributed by atoms with Crippen LogP contribution in [-0.2, 0) is 15.6 Å². The van der Waals surface area contributed by atoms with Crippen molar-refractivity contribution in [3.05, 3.63) is 35.5 Å². The van der Waals surface area contributed by atoms with Crippen molar-refractivity contribution in [3.8, 4) is 5.75 Å². The normalized spacial score (nSPS) is 19.1. The van der Waals surface area contributed by atoms with Gasteiger partial charge < -0.3 is 14.6 Å². The molecule has 0 aliphatic heterocycles. The zero-order valence-electron chi connectivity index (χ0n) is 18.5. The van der Waals surface area contributed by atoms with Crippen LogP contribution in [0.2, 0.25) is 0 Å². The van der Waals surface area contributed by atoms with Gasteiger partial charge in [0, 0.05) is 18.5 Å². The lowest BCUT2D eigenvalue weighted by Gasteiger charge is -2.35. The van der Waals surface area contributed by atoms with E-state index in [0.717, 1.165) is 44.9 Å². The Kier molecular flexibility index (Phi) is 6.52. The van der Waals surface area contributed by atoms with Gasteiger partial charge in [-0.05, 0) is 43.9 Å². The number of ether oxygens (including phenoxy) is 1. The topological polar surface area (TPSA) is 123 Å². The summed E-state index contributed by atoms with van der Waals surface area (Å²) in [5.41, 5.74) is -0.489. The summed E-state index contributed by atoms with van der Waals surface area (Å²) in [4.78, 5) is 17.6. The number of aromatic nitrogens is 2. The molecule has 4 rings (SSSR count). The Morgan fingerprint density at radius 2 is 1.88 bits per heavy atom. The summed E-state index contributed by atoms with van der Waals surface area (Å²) in [5.74, 6) is 0.727. The second-order valence-electron chi connectivity index (χ2n) is 8.70. The number of benzene rings is 1. The lowest BCUT2D eigenvalue weighted by molar-refractivity contribution is 0.0855. The van der Waals surface area contributed by atoms with Gasteiger partial charge in [0.1, 0.15) is 16.2 Å². The van der Waals surface area contributed by atoms with E-state index in [4.69, 9.17) is 9.26 Å². The second-order valence-corrected chi connectivity index (χ2v) is 10.4. The van der Waals surface area contributed by atoms with E-state index in [-0.39, 0.29) is 28.2 Å². The van der Waals surface area contributed by atoms with Gasteiger partial charge in [0.2, 0.25) is 15.9 Å². The Bertz CT molecular complexity index is 1070. The molecule has 1 heterocycles. The van der Waals surface area contributed by atoms with Crippen LogP contribution < -0.4 is 14.8 Å². The fourth-order valence-corrected chi connectivity index (χ4v) is 6.20. The third kappa shape index (κ3) is 4.66. The van der Waals surface area contributed by atoms with Gasteiger partial charge in [-0.3, -0.25) is 4.79 Å². The predicted molar refractivity (Wildman–Crippen MR) is 117 cm³/mol. The van der Waals surface area contributed by atoms with Crippen molar-refractivity contribution in [2.45, 2.75) is 81.2 Å². The molecule has 174 valence electrons. The van der Waals surface area contributed by atoms with Crippen molar-refractivity contribution < 1.29 is 22.5 Å². The molecule has 1 aromatic heterocycles. The smallest absolute Gasteiger partial charge is 0.252 e. The van der Waals surface area contributed by atoms with Crippen molar-refractivity contribution in [1.29, 1.82) is 0 Å². The average Bonchev–Trinajstić information content (AvgIpc) is 3.45. The number of methoxy groups -OCH3 is 1. The number of amides is 1. The maximum Gasteiger partial charge on any atom is 0.252 e. The molecule has 1 amide bonds. The zero-order chi connectivity index (χ0) is 22.8. The minimum absolute atomic E-state index is 0.0346. The Labute approximate surface area is 188 Å². The van der Waals surface area contributed by atoms with Crippen LogP contribution in [-0.4, -0.2) is 37.6 Å². The van der Waals surface area contributed by atoms with Gasteiger partial charge in [0.25, 0.3) is 5.91 Å². The van der Waals surface area contributed by atoms with Gasteiger partial charge in [-0.25, -0.2) is 13.1 Å². The monoisotopic (exact) mass is 462 g/mol. The average molecular weight is 463 g/mol. The van der Waals surface area contributed by atoms with Crippen LogP contribution in [0.1, 0.15) is 79.9 Å². The number of nitrogens with one attached hydrogen (secondary N) is 2. The van der Waals surface area contributed by atoms with Gasteiger partial charge in [-0.2, -0.15) is 4.98 Å². The van der Waals surface area contributed by atoms with Crippen molar-refractivity contribution >= 4 is 15.9 Å². The summed E-state index contributed by atoms with van der Waals surface area (Å²) in [6.07, 6.45) is 7.97. The van der Waals surface area contributed by atoms with Crippen LogP contribution in [0.4, 0.5) is 0 Å². The van der Waals surface area contributed by atoms with Gasteiger partial charge in [0.15, 0.2) is 5.82 Å². The molecule has 0 bridgehead atoms. The van der Waals surface area contributed by atoms with Crippen molar-refractivity contribution in [2.75, 3.05) is 7.11 Å². The maximum absolute atomic E-state index is 13.3. The molecule has 2 aliphatic carbocycles.